The van der Waals surface area contributed by atoms with Crippen LogP contribution in [0.25, 0.3) is 0 Å². The second-order valence-electron chi connectivity index (χ2n) is 9.36. The smallest absolute Gasteiger partial charge is 0.309 e. The Morgan fingerprint density at radius 3 is 2.54 bits per heavy atom. The van der Waals surface area contributed by atoms with E-state index in [-0.39, 0.29) is 16.9 Å². The fraction of sp³-hybridized carbons (Fsp3) is 0.850. The van der Waals surface area contributed by atoms with Gasteiger partial charge in [-0.2, -0.15) is 0 Å². The summed E-state index contributed by atoms with van der Waals surface area (Å²) in [6.07, 6.45) is 8.91. The molecule has 5 aliphatic rings. The quantitative estimate of drug-likeness (QED) is 0.597. The highest BCUT2D eigenvalue weighted by Crippen LogP contribution is 2.68. The van der Waals surface area contributed by atoms with Gasteiger partial charge in [-0.25, -0.2) is 9.78 Å². The highest BCUT2D eigenvalue weighted by atomic mass is 17.2. The van der Waals surface area contributed by atoms with Crippen LogP contribution in [0.5, 0.6) is 0 Å². The first-order valence-corrected chi connectivity index (χ1v) is 9.53. The van der Waals surface area contributed by atoms with Crippen molar-refractivity contribution in [1.82, 2.24) is 0 Å². The Balaban J connectivity index is 1.81. The molecule has 1 spiro atoms. The lowest BCUT2D eigenvalue weighted by Crippen LogP contribution is -2.68. The van der Waals surface area contributed by atoms with Crippen molar-refractivity contribution in [2.75, 3.05) is 0 Å². The molecular weight excluding hydrogens is 304 g/mol. The van der Waals surface area contributed by atoms with Crippen molar-refractivity contribution in [3.05, 3.63) is 11.6 Å². The molecular formula is C20H30O4. The molecule has 2 aliphatic heterocycles. The molecule has 3 fully saturated rings. The molecule has 5 rings (SSSR count). The van der Waals surface area contributed by atoms with Gasteiger partial charge in [0.15, 0.2) is 0 Å². The zero-order valence-electron chi connectivity index (χ0n) is 15.4. The van der Waals surface area contributed by atoms with E-state index in [1.54, 1.807) is 0 Å². The van der Waals surface area contributed by atoms with Gasteiger partial charge >= 0.3 is 5.97 Å². The molecule has 0 unspecified atom stereocenters. The second-order valence-corrected chi connectivity index (χ2v) is 9.36. The maximum atomic E-state index is 12.1. The molecule has 5 atom stereocenters. The molecule has 0 aromatic heterocycles. The van der Waals surface area contributed by atoms with Crippen LogP contribution in [-0.2, 0) is 14.6 Å². The molecule has 0 amide bonds. The highest BCUT2D eigenvalue weighted by Gasteiger charge is 2.69. The first kappa shape index (κ1) is 16.6. The molecule has 0 aromatic rings. The summed E-state index contributed by atoms with van der Waals surface area (Å²) in [5.41, 5.74) is -0.136. The molecule has 1 saturated heterocycles. The lowest BCUT2D eigenvalue weighted by atomic mass is 9.43. The summed E-state index contributed by atoms with van der Waals surface area (Å²) in [7, 11) is 0. The molecule has 2 heterocycles. The van der Waals surface area contributed by atoms with E-state index in [1.807, 2.05) is 6.92 Å². The third-order valence-electron chi connectivity index (χ3n) is 8.17. The van der Waals surface area contributed by atoms with E-state index in [0.717, 1.165) is 44.9 Å². The minimum atomic E-state index is -0.652. The van der Waals surface area contributed by atoms with E-state index in [0.29, 0.717) is 5.92 Å². The van der Waals surface area contributed by atoms with Crippen LogP contribution in [0.2, 0.25) is 0 Å². The van der Waals surface area contributed by atoms with Crippen LogP contribution in [0.4, 0.5) is 0 Å². The Labute approximate surface area is 144 Å². The Hall–Kier alpha value is -0.870. The molecule has 4 heteroatoms. The van der Waals surface area contributed by atoms with E-state index in [9.17, 15) is 9.90 Å². The zero-order valence-corrected chi connectivity index (χ0v) is 15.4. The van der Waals surface area contributed by atoms with E-state index >= 15 is 0 Å². The molecule has 134 valence electrons. The summed E-state index contributed by atoms with van der Waals surface area (Å²) in [6, 6.07) is 0. The Kier molecular flexibility index (Phi) is 3.35. The number of carboxylic acid groups (broad SMARTS) is 1. The number of aliphatic carboxylic acids is 1. The molecule has 2 saturated carbocycles. The van der Waals surface area contributed by atoms with Crippen molar-refractivity contribution in [2.24, 2.45) is 22.7 Å². The predicted octanol–water partition coefficient (Wildman–Crippen LogP) is 4.49. The fourth-order valence-electron chi connectivity index (χ4n) is 6.45. The van der Waals surface area contributed by atoms with Crippen molar-refractivity contribution < 1.29 is 19.7 Å². The van der Waals surface area contributed by atoms with Crippen LogP contribution in [0, 0.1) is 22.7 Å². The molecule has 1 N–H and O–H groups in total. The van der Waals surface area contributed by atoms with Gasteiger partial charge in [0, 0.05) is 5.41 Å². The molecule has 4 nitrogen and oxygen atoms in total. The van der Waals surface area contributed by atoms with Crippen molar-refractivity contribution >= 4 is 5.97 Å². The van der Waals surface area contributed by atoms with E-state index in [2.05, 4.69) is 26.8 Å². The molecule has 2 bridgehead atoms. The average Bonchev–Trinajstić information content (AvgIpc) is 2.55. The van der Waals surface area contributed by atoms with Gasteiger partial charge in [-0.1, -0.05) is 27.2 Å². The number of rotatable bonds is 2. The summed E-state index contributed by atoms with van der Waals surface area (Å²) < 4.78 is 0. The Bertz CT molecular complexity index is 599. The summed E-state index contributed by atoms with van der Waals surface area (Å²) in [4.78, 5) is 24.3. The van der Waals surface area contributed by atoms with Crippen LogP contribution in [-0.4, -0.2) is 22.3 Å². The van der Waals surface area contributed by atoms with Gasteiger partial charge in [0.1, 0.15) is 11.2 Å². The third kappa shape index (κ3) is 1.74. The van der Waals surface area contributed by atoms with Crippen molar-refractivity contribution in [3.8, 4) is 0 Å². The van der Waals surface area contributed by atoms with Gasteiger partial charge in [-0.05, 0) is 68.9 Å². The molecule has 0 radical (unpaired) electrons. The van der Waals surface area contributed by atoms with Gasteiger partial charge in [0.2, 0.25) is 0 Å². The third-order valence-corrected chi connectivity index (χ3v) is 8.17. The minimum absolute atomic E-state index is 0.140. The number of carbonyl (C=O) groups is 1. The zero-order chi connectivity index (χ0) is 17.4. The fourth-order valence-corrected chi connectivity index (χ4v) is 6.45. The average molecular weight is 334 g/mol. The number of hydrogen-bond acceptors (Lipinski definition) is 3. The molecule has 3 aliphatic carbocycles. The maximum absolute atomic E-state index is 12.1. The van der Waals surface area contributed by atoms with Gasteiger partial charge in [0.25, 0.3) is 0 Å². The van der Waals surface area contributed by atoms with Crippen LogP contribution in [0.1, 0.15) is 72.6 Å². The van der Waals surface area contributed by atoms with Crippen LogP contribution in [0.3, 0.4) is 0 Å². The predicted molar refractivity (Wildman–Crippen MR) is 90.2 cm³/mol. The Morgan fingerprint density at radius 2 is 1.96 bits per heavy atom. The van der Waals surface area contributed by atoms with Gasteiger partial charge in [-0.3, -0.25) is 4.79 Å². The molecule has 24 heavy (non-hydrogen) atoms. The van der Waals surface area contributed by atoms with Crippen LogP contribution < -0.4 is 0 Å². The summed E-state index contributed by atoms with van der Waals surface area (Å²) >= 11 is 0. The van der Waals surface area contributed by atoms with Crippen molar-refractivity contribution in [3.63, 3.8) is 0 Å². The van der Waals surface area contributed by atoms with E-state index < -0.39 is 17.0 Å². The topological polar surface area (TPSA) is 55.8 Å². The number of fused-ring (bicyclic) bond motifs is 3. The molecule has 0 aromatic carbocycles. The number of hydrogen-bond donors (Lipinski definition) is 1. The van der Waals surface area contributed by atoms with Crippen LogP contribution in [0.15, 0.2) is 11.6 Å². The standard InChI is InChI=1S/C20H30O4/c1-13(2)19-10-11-20(24-23-19)14(12-19)6-7-15-17(3,16(21)22)8-5-9-18(15,20)4/h12-13,15H,5-11H2,1-4H3,(H,21,22)/t15-,17+,18-,19+,20+/m0/s1. The number of carboxylic acids is 1. The second kappa shape index (κ2) is 4.85. The first-order valence-electron chi connectivity index (χ1n) is 9.53. The van der Waals surface area contributed by atoms with Gasteiger partial charge in [0.05, 0.1) is 5.41 Å². The van der Waals surface area contributed by atoms with E-state index in [4.69, 9.17) is 9.78 Å². The van der Waals surface area contributed by atoms with Crippen molar-refractivity contribution in [2.45, 2.75) is 83.8 Å². The Morgan fingerprint density at radius 1 is 1.21 bits per heavy atom. The van der Waals surface area contributed by atoms with Gasteiger partial charge < -0.3 is 5.11 Å². The SMILES string of the molecule is CC(C)[C@]12C=C3CC[C@H]4[C@](C)(C(=O)O)CCC[C@]4(C)[C@]3(CC1)OO2. The summed E-state index contributed by atoms with van der Waals surface area (Å²) in [6.45, 7) is 8.60. The largest absolute Gasteiger partial charge is 0.481 e. The van der Waals surface area contributed by atoms with E-state index in [1.165, 1.54) is 5.57 Å². The summed E-state index contributed by atoms with van der Waals surface area (Å²) in [5.74, 6) is -0.127. The highest BCUT2D eigenvalue weighted by molar-refractivity contribution is 5.75. The normalized spacial score (nSPS) is 50.2. The minimum Gasteiger partial charge on any atom is -0.481 e. The summed E-state index contributed by atoms with van der Waals surface area (Å²) in [5, 5.41) is 9.94. The van der Waals surface area contributed by atoms with Gasteiger partial charge in [-0.15, -0.1) is 0 Å². The van der Waals surface area contributed by atoms with Crippen molar-refractivity contribution in [1.29, 1.82) is 0 Å². The van der Waals surface area contributed by atoms with Crippen LogP contribution >= 0.6 is 0 Å². The first-order chi connectivity index (χ1) is 11.2. The lowest BCUT2D eigenvalue weighted by Gasteiger charge is -2.66. The maximum Gasteiger partial charge on any atom is 0.309 e. The monoisotopic (exact) mass is 334 g/mol. The lowest BCUT2D eigenvalue weighted by molar-refractivity contribution is -0.465.